The molecule has 0 bridgehead atoms. The number of rotatable bonds is 9. The minimum atomic E-state index is -0.995. The van der Waals surface area contributed by atoms with Crippen LogP contribution in [0, 0.1) is 23.4 Å². The molecular formula is C31H35F3O. The third-order valence-electron chi connectivity index (χ3n) is 7.38. The first kappa shape index (κ1) is 25.3. The van der Waals surface area contributed by atoms with Crippen molar-refractivity contribution in [1.29, 1.82) is 0 Å². The monoisotopic (exact) mass is 480 g/mol. The smallest absolute Gasteiger partial charge is 0.201 e. The second-order valence-corrected chi connectivity index (χ2v) is 9.70. The number of hydrogen-bond donors (Lipinski definition) is 0. The maximum atomic E-state index is 15.1. The summed E-state index contributed by atoms with van der Waals surface area (Å²) in [6.07, 6.45) is 9.98. The average Bonchev–Trinajstić information content (AvgIpc) is 2.88. The second kappa shape index (κ2) is 11.8. The van der Waals surface area contributed by atoms with Crippen LogP contribution in [0.5, 0.6) is 5.75 Å². The highest BCUT2D eigenvalue weighted by molar-refractivity contribution is 5.71. The average molecular weight is 481 g/mol. The van der Waals surface area contributed by atoms with Crippen LogP contribution >= 0.6 is 0 Å². The third-order valence-corrected chi connectivity index (χ3v) is 7.38. The molecule has 1 aliphatic carbocycles. The van der Waals surface area contributed by atoms with Gasteiger partial charge in [-0.3, -0.25) is 0 Å². The molecule has 0 spiro atoms. The molecule has 1 nitrogen and oxygen atoms in total. The van der Waals surface area contributed by atoms with Gasteiger partial charge in [0.25, 0.3) is 0 Å². The van der Waals surface area contributed by atoms with Crippen molar-refractivity contribution < 1.29 is 17.9 Å². The molecule has 4 rings (SSSR count). The molecule has 0 aliphatic heterocycles. The Balaban J connectivity index is 1.45. The molecule has 3 aromatic rings. The molecule has 0 unspecified atom stereocenters. The lowest BCUT2D eigenvalue weighted by atomic mass is 9.77. The zero-order valence-corrected chi connectivity index (χ0v) is 20.8. The van der Waals surface area contributed by atoms with Crippen molar-refractivity contribution in [2.75, 3.05) is 6.61 Å². The van der Waals surface area contributed by atoms with Crippen molar-refractivity contribution in [3.63, 3.8) is 0 Å². The Hall–Kier alpha value is -2.75. The van der Waals surface area contributed by atoms with Crippen molar-refractivity contribution in [3.8, 4) is 28.0 Å². The van der Waals surface area contributed by atoms with E-state index < -0.39 is 11.6 Å². The summed E-state index contributed by atoms with van der Waals surface area (Å²) in [4.78, 5) is 0. The number of hydrogen-bond acceptors (Lipinski definition) is 1. The van der Waals surface area contributed by atoms with E-state index in [4.69, 9.17) is 4.74 Å². The Morgan fingerprint density at radius 1 is 0.743 bits per heavy atom. The van der Waals surface area contributed by atoms with Gasteiger partial charge in [-0.2, -0.15) is 4.39 Å². The predicted octanol–water partition coefficient (Wildman–Crippen LogP) is 9.69. The summed E-state index contributed by atoms with van der Waals surface area (Å²) in [6.45, 7) is 4.22. The van der Waals surface area contributed by atoms with Gasteiger partial charge in [0.15, 0.2) is 11.6 Å². The summed E-state index contributed by atoms with van der Waals surface area (Å²) in [7, 11) is 0. The van der Waals surface area contributed by atoms with Crippen molar-refractivity contribution in [3.05, 3.63) is 77.6 Å². The van der Waals surface area contributed by atoms with E-state index in [1.807, 2.05) is 6.07 Å². The molecule has 0 heterocycles. The highest BCUT2D eigenvalue weighted by atomic mass is 19.2. The minimum absolute atomic E-state index is 0.0995. The number of halogens is 3. The zero-order chi connectivity index (χ0) is 24.8. The fourth-order valence-electron chi connectivity index (χ4n) is 5.34. The fourth-order valence-corrected chi connectivity index (χ4v) is 5.34. The summed E-state index contributed by atoms with van der Waals surface area (Å²) in [5.74, 6) is -1.02. The standard InChI is InChI=1S/C31H35F3O/c1-3-5-6-7-21-8-10-22(11-9-21)25-16-17-26(28(32)20-25)23-12-14-24(15-13-23)27-18-19-29(35-4-2)31(34)30(27)33/h12-22H,3-11H2,1-2H3. The van der Waals surface area contributed by atoms with Gasteiger partial charge in [-0.25, -0.2) is 8.78 Å². The molecular weight excluding hydrogens is 445 g/mol. The third kappa shape index (κ3) is 5.91. The van der Waals surface area contributed by atoms with Crippen LogP contribution in [0.15, 0.2) is 54.6 Å². The van der Waals surface area contributed by atoms with Gasteiger partial charge in [-0.1, -0.05) is 69.0 Å². The van der Waals surface area contributed by atoms with Crippen molar-refractivity contribution in [1.82, 2.24) is 0 Å². The topological polar surface area (TPSA) is 9.23 Å². The van der Waals surface area contributed by atoms with Crippen LogP contribution in [0.3, 0.4) is 0 Å². The molecule has 0 amide bonds. The minimum Gasteiger partial charge on any atom is -0.491 e. The number of unbranched alkanes of at least 4 members (excludes halogenated alkanes) is 2. The first-order valence-corrected chi connectivity index (χ1v) is 13.0. The first-order valence-electron chi connectivity index (χ1n) is 13.0. The van der Waals surface area contributed by atoms with Gasteiger partial charge in [0.2, 0.25) is 5.82 Å². The molecule has 1 aliphatic rings. The molecule has 1 fully saturated rings. The molecule has 0 saturated heterocycles. The van der Waals surface area contributed by atoms with Gasteiger partial charge >= 0.3 is 0 Å². The Bertz CT molecular complexity index is 1110. The van der Waals surface area contributed by atoms with Crippen molar-refractivity contribution in [2.45, 2.75) is 71.1 Å². The first-order chi connectivity index (χ1) is 17.0. The Morgan fingerprint density at radius 2 is 1.40 bits per heavy atom. The molecule has 0 N–H and O–H groups in total. The fraction of sp³-hybridized carbons (Fsp3) is 0.419. The van der Waals surface area contributed by atoms with E-state index in [0.717, 1.165) is 24.3 Å². The summed E-state index contributed by atoms with van der Waals surface area (Å²) in [5.41, 5.74) is 3.00. The van der Waals surface area contributed by atoms with Gasteiger partial charge in [0.05, 0.1) is 6.61 Å². The van der Waals surface area contributed by atoms with Gasteiger partial charge < -0.3 is 4.74 Å². The molecule has 4 heteroatoms. The maximum Gasteiger partial charge on any atom is 0.201 e. The Morgan fingerprint density at radius 3 is 2.03 bits per heavy atom. The van der Waals surface area contributed by atoms with E-state index in [1.165, 1.54) is 50.7 Å². The van der Waals surface area contributed by atoms with Gasteiger partial charge in [0.1, 0.15) is 5.82 Å². The van der Waals surface area contributed by atoms with E-state index in [2.05, 4.69) is 13.0 Å². The quantitative estimate of drug-likeness (QED) is 0.277. The highest BCUT2D eigenvalue weighted by Crippen LogP contribution is 2.39. The highest BCUT2D eigenvalue weighted by Gasteiger charge is 2.23. The molecule has 0 aromatic heterocycles. The van der Waals surface area contributed by atoms with E-state index >= 15 is 4.39 Å². The van der Waals surface area contributed by atoms with Crippen LogP contribution in [0.4, 0.5) is 13.2 Å². The Kier molecular flexibility index (Phi) is 8.54. The lowest BCUT2D eigenvalue weighted by Gasteiger charge is -2.29. The summed E-state index contributed by atoms with van der Waals surface area (Å²) < 4.78 is 49.1. The van der Waals surface area contributed by atoms with Gasteiger partial charge in [0, 0.05) is 11.1 Å². The molecule has 186 valence electrons. The van der Waals surface area contributed by atoms with E-state index in [1.54, 1.807) is 37.3 Å². The Labute approximate surface area is 207 Å². The van der Waals surface area contributed by atoms with Crippen LogP contribution in [-0.4, -0.2) is 6.61 Å². The predicted molar refractivity (Wildman–Crippen MR) is 137 cm³/mol. The molecule has 3 aromatic carbocycles. The normalized spacial score (nSPS) is 18.0. The van der Waals surface area contributed by atoms with E-state index in [9.17, 15) is 8.78 Å². The van der Waals surface area contributed by atoms with Gasteiger partial charge in [-0.15, -0.1) is 0 Å². The molecule has 0 radical (unpaired) electrons. The zero-order valence-electron chi connectivity index (χ0n) is 20.8. The lowest BCUT2D eigenvalue weighted by Crippen LogP contribution is -2.13. The summed E-state index contributed by atoms with van der Waals surface area (Å²) in [6, 6.07) is 15.4. The van der Waals surface area contributed by atoms with Crippen molar-refractivity contribution in [2.24, 2.45) is 5.92 Å². The number of benzene rings is 3. The summed E-state index contributed by atoms with van der Waals surface area (Å²) >= 11 is 0. The largest absolute Gasteiger partial charge is 0.491 e. The second-order valence-electron chi connectivity index (χ2n) is 9.70. The van der Waals surface area contributed by atoms with Crippen LogP contribution in [0.1, 0.15) is 76.7 Å². The molecule has 1 saturated carbocycles. The van der Waals surface area contributed by atoms with Crippen molar-refractivity contribution >= 4 is 0 Å². The number of ether oxygens (including phenoxy) is 1. The van der Waals surface area contributed by atoms with Crippen LogP contribution in [0.25, 0.3) is 22.3 Å². The maximum absolute atomic E-state index is 15.1. The lowest BCUT2D eigenvalue weighted by molar-refractivity contribution is 0.302. The SMILES string of the molecule is CCCCCC1CCC(c2ccc(-c3ccc(-c4ccc(OCC)c(F)c4F)cc3)c(F)c2)CC1. The van der Waals surface area contributed by atoms with Gasteiger partial charge in [-0.05, 0) is 79.3 Å². The van der Waals surface area contributed by atoms with Crippen LogP contribution < -0.4 is 4.74 Å². The van der Waals surface area contributed by atoms with E-state index in [-0.39, 0.29) is 23.7 Å². The van der Waals surface area contributed by atoms with Crippen LogP contribution in [0.2, 0.25) is 0 Å². The van der Waals surface area contributed by atoms with Crippen LogP contribution in [-0.2, 0) is 0 Å². The van der Waals surface area contributed by atoms with E-state index in [0.29, 0.717) is 22.6 Å². The summed E-state index contributed by atoms with van der Waals surface area (Å²) in [5, 5.41) is 0. The molecule has 35 heavy (non-hydrogen) atoms. The molecule has 0 atom stereocenters.